The van der Waals surface area contributed by atoms with Crippen LogP contribution in [0.15, 0.2) is 41.0 Å². The van der Waals surface area contributed by atoms with Gasteiger partial charge in [0.1, 0.15) is 17.1 Å². The van der Waals surface area contributed by atoms with Gasteiger partial charge in [-0.05, 0) is 40.2 Å². The maximum atomic E-state index is 13.2. The quantitative estimate of drug-likeness (QED) is 0.736. The Balaban J connectivity index is 2.36. The second-order valence-electron chi connectivity index (χ2n) is 3.53. The molecule has 0 fully saturated rings. The molecule has 0 N–H and O–H groups in total. The monoisotopic (exact) mass is 335 g/mol. The van der Waals surface area contributed by atoms with Gasteiger partial charge < -0.3 is 4.74 Å². The predicted octanol–water partition coefficient (Wildman–Crippen LogP) is 4.79. The number of rotatable bonds is 2. The van der Waals surface area contributed by atoms with Crippen LogP contribution in [0.2, 0.25) is 0 Å². The molecule has 1 aromatic heterocycles. The highest BCUT2D eigenvalue weighted by Gasteiger charge is 2.35. The lowest BCUT2D eigenvalue weighted by atomic mass is 10.2. The molecule has 0 saturated heterocycles. The number of hydrogen-bond donors (Lipinski definition) is 0. The van der Waals surface area contributed by atoms with Crippen molar-refractivity contribution in [2.75, 3.05) is 0 Å². The molecule has 0 bridgehead atoms. The van der Waals surface area contributed by atoms with Crippen LogP contribution in [0, 0.1) is 5.82 Å². The molecule has 0 aliphatic heterocycles. The number of pyridine rings is 1. The van der Waals surface area contributed by atoms with Crippen LogP contribution in [0.5, 0.6) is 11.6 Å². The highest BCUT2D eigenvalue weighted by molar-refractivity contribution is 9.10. The van der Waals surface area contributed by atoms with Crippen LogP contribution in [-0.2, 0) is 6.18 Å². The average Bonchev–Trinajstić information content (AvgIpc) is 2.33. The van der Waals surface area contributed by atoms with E-state index in [1.807, 2.05) is 0 Å². The number of benzene rings is 1. The van der Waals surface area contributed by atoms with Crippen LogP contribution >= 0.6 is 15.9 Å². The number of nitrogens with zero attached hydrogens (tertiary/aromatic N) is 1. The van der Waals surface area contributed by atoms with Crippen LogP contribution in [0.1, 0.15) is 5.56 Å². The van der Waals surface area contributed by atoms with Crippen molar-refractivity contribution >= 4 is 15.9 Å². The summed E-state index contributed by atoms with van der Waals surface area (Å²) in [6.45, 7) is 0. The fraction of sp³-hybridized carbons (Fsp3) is 0.0833. The predicted molar refractivity (Wildman–Crippen MR) is 63.4 cm³/mol. The summed E-state index contributed by atoms with van der Waals surface area (Å²) in [7, 11) is 0. The Morgan fingerprint density at radius 3 is 2.53 bits per heavy atom. The molecule has 2 aromatic rings. The van der Waals surface area contributed by atoms with Crippen LogP contribution in [0.4, 0.5) is 17.6 Å². The molecule has 0 unspecified atom stereocenters. The number of alkyl halides is 3. The van der Waals surface area contributed by atoms with Crippen LogP contribution < -0.4 is 4.74 Å². The fourth-order valence-corrected chi connectivity index (χ4v) is 1.59. The van der Waals surface area contributed by atoms with E-state index in [1.165, 1.54) is 18.3 Å². The Labute approximate surface area is 114 Å². The van der Waals surface area contributed by atoms with Crippen molar-refractivity contribution < 1.29 is 22.3 Å². The van der Waals surface area contributed by atoms with E-state index in [0.29, 0.717) is 0 Å². The van der Waals surface area contributed by atoms with Gasteiger partial charge in [0, 0.05) is 12.3 Å². The maximum absolute atomic E-state index is 13.2. The summed E-state index contributed by atoms with van der Waals surface area (Å²) in [6.07, 6.45) is -3.42. The number of hydrogen-bond acceptors (Lipinski definition) is 2. The van der Waals surface area contributed by atoms with Crippen molar-refractivity contribution in [3.05, 3.63) is 52.4 Å². The topological polar surface area (TPSA) is 22.1 Å². The number of ether oxygens (including phenoxy) is 1. The van der Waals surface area contributed by atoms with Gasteiger partial charge in [0.2, 0.25) is 5.88 Å². The van der Waals surface area contributed by atoms with E-state index in [1.54, 1.807) is 0 Å². The highest BCUT2D eigenvalue weighted by atomic mass is 79.9. The van der Waals surface area contributed by atoms with Gasteiger partial charge in [0.25, 0.3) is 0 Å². The van der Waals surface area contributed by atoms with Gasteiger partial charge in [-0.3, -0.25) is 0 Å². The van der Waals surface area contributed by atoms with Gasteiger partial charge in [0.15, 0.2) is 0 Å². The van der Waals surface area contributed by atoms with Crippen molar-refractivity contribution in [2.24, 2.45) is 0 Å². The largest absolute Gasteiger partial charge is 0.438 e. The molecule has 0 saturated carbocycles. The minimum Gasteiger partial charge on any atom is -0.438 e. The van der Waals surface area contributed by atoms with Crippen molar-refractivity contribution in [1.29, 1.82) is 0 Å². The minimum atomic E-state index is -4.59. The summed E-state index contributed by atoms with van der Waals surface area (Å²) < 4.78 is 56.5. The molecule has 0 radical (unpaired) electrons. The Hall–Kier alpha value is -1.63. The second kappa shape index (κ2) is 5.16. The molecule has 2 rings (SSSR count). The molecule has 1 aromatic carbocycles. The fourth-order valence-electron chi connectivity index (χ4n) is 1.34. The normalized spacial score (nSPS) is 11.4. The van der Waals surface area contributed by atoms with E-state index in [9.17, 15) is 17.6 Å². The average molecular weight is 336 g/mol. The summed E-state index contributed by atoms with van der Waals surface area (Å²) in [6, 6.07) is 5.64. The molecule has 100 valence electrons. The van der Waals surface area contributed by atoms with Gasteiger partial charge in [-0.2, -0.15) is 13.2 Å². The SMILES string of the molecule is Fc1cc(Oc2ncccc2C(F)(F)F)ccc1Br. The van der Waals surface area contributed by atoms with Gasteiger partial charge in [-0.25, -0.2) is 9.37 Å². The summed E-state index contributed by atoms with van der Waals surface area (Å²) >= 11 is 2.93. The van der Waals surface area contributed by atoms with E-state index in [-0.39, 0.29) is 10.2 Å². The third kappa shape index (κ3) is 3.23. The zero-order valence-corrected chi connectivity index (χ0v) is 10.8. The van der Waals surface area contributed by atoms with Crippen LogP contribution in [0.3, 0.4) is 0 Å². The molecule has 1 heterocycles. The maximum Gasteiger partial charge on any atom is 0.421 e. The van der Waals surface area contributed by atoms with E-state index < -0.39 is 23.4 Å². The van der Waals surface area contributed by atoms with Crippen molar-refractivity contribution in [2.45, 2.75) is 6.18 Å². The molecule has 0 atom stereocenters. The summed E-state index contributed by atoms with van der Waals surface area (Å²) in [5.41, 5.74) is -1.02. The first-order valence-electron chi connectivity index (χ1n) is 5.03. The van der Waals surface area contributed by atoms with Crippen molar-refractivity contribution in [1.82, 2.24) is 4.98 Å². The molecule has 7 heteroatoms. The third-order valence-corrected chi connectivity index (χ3v) is 2.83. The molecule has 2 nitrogen and oxygen atoms in total. The van der Waals surface area contributed by atoms with Crippen LogP contribution in [-0.4, -0.2) is 4.98 Å². The molecule has 0 amide bonds. The Morgan fingerprint density at radius 1 is 1.16 bits per heavy atom. The highest BCUT2D eigenvalue weighted by Crippen LogP contribution is 2.36. The zero-order chi connectivity index (χ0) is 14.0. The molecule has 0 aliphatic rings. The molecular weight excluding hydrogens is 330 g/mol. The van der Waals surface area contributed by atoms with Gasteiger partial charge >= 0.3 is 6.18 Å². The second-order valence-corrected chi connectivity index (χ2v) is 4.39. The number of aromatic nitrogens is 1. The first-order valence-corrected chi connectivity index (χ1v) is 5.82. The summed E-state index contributed by atoms with van der Waals surface area (Å²) in [5.74, 6) is -1.32. The summed E-state index contributed by atoms with van der Waals surface area (Å²) in [4.78, 5) is 3.52. The van der Waals surface area contributed by atoms with E-state index in [0.717, 1.165) is 18.2 Å². The first kappa shape index (κ1) is 13.8. The lowest BCUT2D eigenvalue weighted by Gasteiger charge is -2.12. The summed E-state index contributed by atoms with van der Waals surface area (Å²) in [5, 5.41) is 0. The smallest absolute Gasteiger partial charge is 0.421 e. The third-order valence-electron chi connectivity index (χ3n) is 2.18. The number of halogens is 5. The molecule has 19 heavy (non-hydrogen) atoms. The lowest BCUT2D eigenvalue weighted by Crippen LogP contribution is -2.08. The van der Waals surface area contributed by atoms with Gasteiger partial charge in [0.05, 0.1) is 4.47 Å². The standard InChI is InChI=1S/C12H6BrF4NO/c13-9-4-3-7(6-10(9)14)19-11-8(12(15,16)17)2-1-5-18-11/h1-6H. The zero-order valence-electron chi connectivity index (χ0n) is 9.21. The van der Waals surface area contributed by atoms with Crippen molar-refractivity contribution in [3.63, 3.8) is 0 Å². The van der Waals surface area contributed by atoms with E-state index in [4.69, 9.17) is 4.74 Å². The molecule has 0 spiro atoms. The van der Waals surface area contributed by atoms with Gasteiger partial charge in [-0.15, -0.1) is 0 Å². The lowest BCUT2D eigenvalue weighted by molar-refractivity contribution is -0.138. The van der Waals surface area contributed by atoms with Gasteiger partial charge in [-0.1, -0.05) is 0 Å². The minimum absolute atomic E-state index is 0.0649. The van der Waals surface area contributed by atoms with Crippen LogP contribution in [0.25, 0.3) is 0 Å². The Bertz CT molecular complexity index is 601. The van der Waals surface area contributed by atoms with E-state index >= 15 is 0 Å². The Morgan fingerprint density at radius 2 is 1.89 bits per heavy atom. The van der Waals surface area contributed by atoms with E-state index in [2.05, 4.69) is 20.9 Å². The molecular formula is C12H6BrF4NO. The molecule has 0 aliphatic carbocycles. The van der Waals surface area contributed by atoms with Crippen molar-refractivity contribution in [3.8, 4) is 11.6 Å². The first-order chi connectivity index (χ1) is 8.88. The Kier molecular flexibility index (Phi) is 3.75.